The zero-order chi connectivity index (χ0) is 13.2. The van der Waals surface area contributed by atoms with Crippen LogP contribution in [0.15, 0.2) is 41.6 Å². The standard InChI is InChI=1S/C11H12FN3O2S/c1-8(9-4-2-3-5-10(9)12)15-18(16,17)11-6-7-13-14-11/h2-8,15H,1H3,(H,13,14). The van der Waals surface area contributed by atoms with E-state index >= 15 is 0 Å². The van der Waals surface area contributed by atoms with E-state index in [0.29, 0.717) is 5.56 Å². The Labute approximate surface area is 104 Å². The van der Waals surface area contributed by atoms with E-state index in [1.54, 1.807) is 19.1 Å². The summed E-state index contributed by atoms with van der Waals surface area (Å²) in [6.07, 6.45) is 1.34. The lowest BCUT2D eigenvalue weighted by Crippen LogP contribution is -2.27. The predicted molar refractivity (Wildman–Crippen MR) is 63.7 cm³/mol. The number of nitrogens with one attached hydrogen (secondary N) is 2. The van der Waals surface area contributed by atoms with E-state index in [4.69, 9.17) is 0 Å². The summed E-state index contributed by atoms with van der Waals surface area (Å²) in [6, 6.07) is 6.69. The Balaban J connectivity index is 2.23. The van der Waals surface area contributed by atoms with Crippen LogP contribution in [-0.2, 0) is 10.0 Å². The SMILES string of the molecule is CC(NS(=O)(=O)c1ccn[nH]1)c1ccccc1F. The summed E-state index contributed by atoms with van der Waals surface area (Å²) in [5.41, 5.74) is 0.292. The highest BCUT2D eigenvalue weighted by atomic mass is 32.2. The van der Waals surface area contributed by atoms with Gasteiger partial charge in [-0.25, -0.2) is 17.5 Å². The van der Waals surface area contributed by atoms with Gasteiger partial charge in [0, 0.05) is 11.6 Å². The fourth-order valence-corrected chi connectivity index (χ4v) is 2.71. The summed E-state index contributed by atoms with van der Waals surface area (Å²) in [6.45, 7) is 1.58. The molecule has 0 saturated carbocycles. The number of aromatic amines is 1. The van der Waals surface area contributed by atoms with Gasteiger partial charge in [0.05, 0.1) is 6.20 Å². The zero-order valence-corrected chi connectivity index (χ0v) is 10.4. The second-order valence-corrected chi connectivity index (χ2v) is 5.47. The Bertz CT molecular complexity index is 625. The molecule has 0 amide bonds. The average molecular weight is 269 g/mol. The van der Waals surface area contributed by atoms with E-state index in [1.807, 2.05) is 0 Å². The van der Waals surface area contributed by atoms with Gasteiger partial charge in [-0.15, -0.1) is 0 Å². The Hall–Kier alpha value is -1.73. The summed E-state index contributed by atoms with van der Waals surface area (Å²) >= 11 is 0. The van der Waals surface area contributed by atoms with E-state index < -0.39 is 21.9 Å². The molecule has 1 aromatic heterocycles. The van der Waals surface area contributed by atoms with Crippen LogP contribution < -0.4 is 4.72 Å². The van der Waals surface area contributed by atoms with Crippen molar-refractivity contribution in [3.63, 3.8) is 0 Å². The van der Waals surface area contributed by atoms with Crippen molar-refractivity contribution < 1.29 is 12.8 Å². The average Bonchev–Trinajstić information content (AvgIpc) is 2.82. The number of H-pyrrole nitrogens is 1. The van der Waals surface area contributed by atoms with E-state index in [9.17, 15) is 12.8 Å². The molecule has 0 bridgehead atoms. The van der Waals surface area contributed by atoms with E-state index in [0.717, 1.165) is 0 Å². The molecule has 1 atom stereocenters. The number of hydrogen-bond donors (Lipinski definition) is 2. The number of benzene rings is 1. The van der Waals surface area contributed by atoms with Crippen LogP contribution in [0.25, 0.3) is 0 Å². The molecule has 7 heteroatoms. The van der Waals surface area contributed by atoms with Crippen LogP contribution in [0.4, 0.5) is 4.39 Å². The predicted octanol–water partition coefficient (Wildman–Crippen LogP) is 1.59. The van der Waals surface area contributed by atoms with Crippen molar-refractivity contribution >= 4 is 10.0 Å². The lowest BCUT2D eigenvalue weighted by atomic mass is 10.1. The first-order valence-corrected chi connectivity index (χ1v) is 6.75. The molecule has 0 saturated heterocycles. The third-order valence-corrected chi connectivity index (χ3v) is 3.94. The maximum absolute atomic E-state index is 13.5. The number of aromatic nitrogens is 2. The van der Waals surface area contributed by atoms with Gasteiger partial charge in [0.25, 0.3) is 10.0 Å². The molecule has 2 rings (SSSR count). The lowest BCUT2D eigenvalue weighted by molar-refractivity contribution is 0.547. The molecular formula is C11H12FN3O2S. The summed E-state index contributed by atoms with van der Waals surface area (Å²) in [5, 5.41) is 5.87. The van der Waals surface area contributed by atoms with Gasteiger partial charge in [-0.1, -0.05) is 18.2 Å². The second kappa shape index (κ2) is 4.87. The first kappa shape index (κ1) is 12.7. The first-order chi connectivity index (χ1) is 8.50. The lowest BCUT2D eigenvalue weighted by Gasteiger charge is -2.14. The van der Waals surface area contributed by atoms with Gasteiger partial charge in [-0.2, -0.15) is 5.10 Å². The first-order valence-electron chi connectivity index (χ1n) is 5.27. The molecule has 18 heavy (non-hydrogen) atoms. The minimum Gasteiger partial charge on any atom is -0.266 e. The molecule has 1 aromatic carbocycles. The van der Waals surface area contributed by atoms with Crippen molar-refractivity contribution in [3.8, 4) is 0 Å². The molecule has 0 aliphatic heterocycles. The molecule has 2 N–H and O–H groups in total. The molecule has 2 aromatic rings. The van der Waals surface area contributed by atoms with Crippen molar-refractivity contribution in [3.05, 3.63) is 47.9 Å². The maximum Gasteiger partial charge on any atom is 0.258 e. The van der Waals surface area contributed by atoms with Crippen molar-refractivity contribution in [1.29, 1.82) is 0 Å². The highest BCUT2D eigenvalue weighted by molar-refractivity contribution is 7.89. The van der Waals surface area contributed by atoms with Crippen LogP contribution in [0.1, 0.15) is 18.5 Å². The van der Waals surface area contributed by atoms with E-state index in [1.165, 1.54) is 24.4 Å². The molecule has 0 spiro atoms. The molecule has 0 aliphatic carbocycles. The Morgan fingerprint density at radius 1 is 1.33 bits per heavy atom. The largest absolute Gasteiger partial charge is 0.266 e. The summed E-state index contributed by atoms with van der Waals surface area (Å²) in [4.78, 5) is 0. The number of hydrogen-bond acceptors (Lipinski definition) is 3. The fraction of sp³-hybridized carbons (Fsp3) is 0.182. The number of sulfonamides is 1. The van der Waals surface area contributed by atoms with Gasteiger partial charge in [-0.3, -0.25) is 5.10 Å². The van der Waals surface area contributed by atoms with Crippen LogP contribution in [0, 0.1) is 5.82 Å². The van der Waals surface area contributed by atoms with Crippen LogP contribution in [0.5, 0.6) is 0 Å². The van der Waals surface area contributed by atoms with Crippen molar-refractivity contribution in [2.24, 2.45) is 0 Å². The molecule has 96 valence electrons. The molecule has 0 fully saturated rings. The van der Waals surface area contributed by atoms with Gasteiger partial charge in [0.2, 0.25) is 0 Å². The van der Waals surface area contributed by atoms with Crippen LogP contribution >= 0.6 is 0 Å². The number of halogens is 1. The summed E-state index contributed by atoms with van der Waals surface area (Å²) < 4.78 is 39.6. The maximum atomic E-state index is 13.5. The second-order valence-electron chi connectivity index (χ2n) is 3.79. The van der Waals surface area contributed by atoms with Crippen LogP contribution in [0.3, 0.4) is 0 Å². The third-order valence-electron chi connectivity index (χ3n) is 2.47. The van der Waals surface area contributed by atoms with Crippen LogP contribution in [0.2, 0.25) is 0 Å². The molecule has 0 radical (unpaired) electrons. The Kier molecular flexibility index (Phi) is 3.44. The van der Waals surface area contributed by atoms with Gasteiger partial charge < -0.3 is 0 Å². The normalized spacial score (nSPS) is 13.4. The zero-order valence-electron chi connectivity index (χ0n) is 9.59. The summed E-state index contributed by atoms with van der Waals surface area (Å²) in [5.74, 6) is -0.447. The van der Waals surface area contributed by atoms with Crippen molar-refractivity contribution in [2.45, 2.75) is 18.0 Å². The van der Waals surface area contributed by atoms with Crippen molar-refractivity contribution in [1.82, 2.24) is 14.9 Å². The highest BCUT2D eigenvalue weighted by Gasteiger charge is 2.20. The number of rotatable bonds is 4. The van der Waals surface area contributed by atoms with Gasteiger partial charge in [-0.05, 0) is 19.1 Å². The summed E-state index contributed by atoms with van der Waals surface area (Å²) in [7, 11) is -3.72. The Morgan fingerprint density at radius 3 is 2.67 bits per heavy atom. The van der Waals surface area contributed by atoms with E-state index in [2.05, 4.69) is 14.9 Å². The molecule has 1 unspecified atom stereocenters. The molecular weight excluding hydrogens is 257 g/mol. The Morgan fingerprint density at radius 2 is 2.06 bits per heavy atom. The third kappa shape index (κ3) is 2.57. The van der Waals surface area contributed by atoms with Crippen molar-refractivity contribution in [2.75, 3.05) is 0 Å². The van der Waals surface area contributed by atoms with Gasteiger partial charge >= 0.3 is 0 Å². The smallest absolute Gasteiger partial charge is 0.258 e. The molecule has 5 nitrogen and oxygen atoms in total. The van der Waals surface area contributed by atoms with Gasteiger partial charge in [0.15, 0.2) is 5.03 Å². The molecule has 0 aliphatic rings. The minimum atomic E-state index is -3.72. The molecule has 1 heterocycles. The fourth-order valence-electron chi connectivity index (χ4n) is 1.58. The quantitative estimate of drug-likeness (QED) is 0.885. The topological polar surface area (TPSA) is 74.8 Å². The highest BCUT2D eigenvalue weighted by Crippen LogP contribution is 2.18. The van der Waals surface area contributed by atoms with Gasteiger partial charge in [0.1, 0.15) is 5.82 Å². The van der Waals surface area contributed by atoms with Crippen LogP contribution in [-0.4, -0.2) is 18.6 Å². The number of nitrogens with zero attached hydrogens (tertiary/aromatic N) is 1. The monoisotopic (exact) mass is 269 g/mol. The van der Waals surface area contributed by atoms with E-state index in [-0.39, 0.29) is 5.03 Å². The minimum absolute atomic E-state index is 0.0503.